The van der Waals surface area contributed by atoms with Crippen LogP contribution >= 0.6 is 0 Å². The minimum atomic E-state index is 0.863. The Labute approximate surface area is 358 Å². The van der Waals surface area contributed by atoms with Gasteiger partial charge in [-0.2, -0.15) is 0 Å². The third-order valence-electron chi connectivity index (χ3n) is 12.9. The van der Waals surface area contributed by atoms with Crippen LogP contribution in [0.5, 0.6) is 0 Å². The van der Waals surface area contributed by atoms with E-state index in [9.17, 15) is 0 Å². The van der Waals surface area contributed by atoms with Gasteiger partial charge >= 0.3 is 0 Å². The highest BCUT2D eigenvalue weighted by atomic mass is 16.3. The van der Waals surface area contributed by atoms with Crippen molar-refractivity contribution >= 4 is 76.1 Å². The number of hydrogen-bond donors (Lipinski definition) is 0. The molecule has 2 aromatic heterocycles. The summed E-state index contributed by atoms with van der Waals surface area (Å²) < 4.78 is 9.31. The number of fused-ring (bicyclic) bond motifs is 11. The van der Waals surface area contributed by atoms with Gasteiger partial charge in [0.15, 0.2) is 0 Å². The predicted molar refractivity (Wildman–Crippen MR) is 262 cm³/mol. The molecule has 0 unspecified atom stereocenters. The number of furan rings is 1. The highest BCUT2D eigenvalue weighted by Crippen LogP contribution is 2.45. The minimum Gasteiger partial charge on any atom is -0.456 e. The van der Waals surface area contributed by atoms with Crippen LogP contribution in [0, 0.1) is 0 Å². The quantitative estimate of drug-likeness (QED) is 0.170. The fourth-order valence-electron chi connectivity index (χ4n) is 9.97. The molecule has 0 bridgehead atoms. The smallest absolute Gasteiger partial charge is 0.138 e. The fourth-order valence-corrected chi connectivity index (χ4v) is 9.97. The lowest BCUT2D eigenvalue weighted by atomic mass is 9.92. The normalized spacial score (nSPS) is 11.9. The van der Waals surface area contributed by atoms with E-state index in [-0.39, 0.29) is 0 Å². The Balaban J connectivity index is 1.06. The van der Waals surface area contributed by atoms with Gasteiger partial charge in [-0.25, -0.2) is 0 Å². The first-order valence-electron chi connectivity index (χ1n) is 21.3. The number of hydrogen-bond acceptors (Lipinski definition) is 1. The molecule has 288 valence electrons. The summed E-state index contributed by atoms with van der Waals surface area (Å²) in [4.78, 5) is 0. The summed E-state index contributed by atoms with van der Waals surface area (Å²) in [6, 6.07) is 81.8. The van der Waals surface area contributed by atoms with E-state index in [1.807, 2.05) is 0 Å². The molecule has 0 saturated carbocycles. The van der Waals surface area contributed by atoms with Crippen LogP contribution in [0.3, 0.4) is 0 Å². The first kappa shape index (κ1) is 34.6. The van der Waals surface area contributed by atoms with Gasteiger partial charge in [-0.15, -0.1) is 0 Å². The van der Waals surface area contributed by atoms with Crippen LogP contribution in [0.25, 0.3) is 126 Å². The third-order valence-corrected chi connectivity index (χ3v) is 12.9. The zero-order valence-corrected chi connectivity index (χ0v) is 33.7. The highest BCUT2D eigenvalue weighted by Gasteiger charge is 2.22. The Bertz CT molecular complexity index is 3810. The van der Waals surface area contributed by atoms with Crippen molar-refractivity contribution in [3.05, 3.63) is 224 Å². The van der Waals surface area contributed by atoms with Gasteiger partial charge < -0.3 is 8.98 Å². The van der Waals surface area contributed by atoms with Crippen LogP contribution in [-0.4, -0.2) is 4.57 Å². The molecule has 0 aliphatic heterocycles. The molecular weight excluding hydrogens is 751 g/mol. The summed E-state index contributed by atoms with van der Waals surface area (Å²) in [5.41, 5.74) is 14.5. The van der Waals surface area contributed by atoms with E-state index in [1.54, 1.807) is 0 Å². The topological polar surface area (TPSA) is 18.1 Å². The second-order valence-electron chi connectivity index (χ2n) is 16.5. The average Bonchev–Trinajstić information content (AvgIpc) is 3.90. The second-order valence-corrected chi connectivity index (χ2v) is 16.5. The molecule has 0 N–H and O–H groups in total. The lowest BCUT2D eigenvalue weighted by Crippen LogP contribution is -1.96. The lowest BCUT2D eigenvalue weighted by Gasteiger charge is -2.15. The highest BCUT2D eigenvalue weighted by molar-refractivity contribution is 6.29. The molecule has 0 aliphatic rings. The summed E-state index contributed by atoms with van der Waals surface area (Å²) >= 11 is 0. The van der Waals surface area contributed by atoms with Gasteiger partial charge in [0.1, 0.15) is 11.2 Å². The average molecular weight is 788 g/mol. The van der Waals surface area contributed by atoms with E-state index in [2.05, 4.69) is 229 Å². The van der Waals surface area contributed by atoms with Gasteiger partial charge in [0.2, 0.25) is 0 Å². The minimum absolute atomic E-state index is 0.863. The molecule has 0 spiro atoms. The lowest BCUT2D eigenvalue weighted by molar-refractivity contribution is 0.669. The number of aromatic nitrogens is 1. The van der Waals surface area contributed by atoms with Gasteiger partial charge in [0.05, 0.1) is 22.1 Å². The maximum atomic E-state index is 6.82. The van der Waals surface area contributed by atoms with Crippen molar-refractivity contribution in [1.29, 1.82) is 0 Å². The Kier molecular flexibility index (Phi) is 7.64. The van der Waals surface area contributed by atoms with Crippen molar-refractivity contribution in [2.75, 3.05) is 0 Å². The molecule has 0 radical (unpaired) electrons. The van der Waals surface area contributed by atoms with Crippen LogP contribution < -0.4 is 0 Å². The Hall–Kier alpha value is -8.20. The van der Waals surface area contributed by atoms with Gasteiger partial charge in [-0.1, -0.05) is 170 Å². The predicted octanol–water partition coefficient (Wildman–Crippen LogP) is 16.8. The van der Waals surface area contributed by atoms with Crippen molar-refractivity contribution in [2.24, 2.45) is 0 Å². The van der Waals surface area contributed by atoms with Crippen LogP contribution in [-0.2, 0) is 0 Å². The molecule has 2 heteroatoms. The molecule has 13 rings (SSSR count). The Morgan fingerprint density at radius 2 is 0.726 bits per heavy atom. The van der Waals surface area contributed by atoms with Crippen molar-refractivity contribution in [1.82, 2.24) is 4.57 Å². The molecule has 62 heavy (non-hydrogen) atoms. The number of benzene rings is 11. The van der Waals surface area contributed by atoms with E-state index < -0.39 is 0 Å². The van der Waals surface area contributed by atoms with E-state index in [4.69, 9.17) is 4.42 Å². The van der Waals surface area contributed by atoms with Crippen LogP contribution in [0.1, 0.15) is 0 Å². The molecule has 2 heterocycles. The summed E-state index contributed by atoms with van der Waals surface area (Å²) in [6.07, 6.45) is 0. The van der Waals surface area contributed by atoms with E-state index in [1.165, 1.54) is 76.4 Å². The van der Waals surface area contributed by atoms with Crippen LogP contribution in [0.15, 0.2) is 229 Å². The second kappa shape index (κ2) is 13.7. The van der Waals surface area contributed by atoms with Gasteiger partial charge in [0, 0.05) is 16.2 Å². The largest absolute Gasteiger partial charge is 0.456 e. The van der Waals surface area contributed by atoms with Crippen LogP contribution in [0.2, 0.25) is 0 Å². The standard InChI is InChI=1S/C60H37NO/c1-2-12-38(13-3-1)46-33-47(41-24-22-40(23-25-41)45-27-26-39-14-4-5-17-44(39)32-45)35-48(34-46)49-36-55(58-52-20-10-11-21-56(52)62-57(58)37-49)61-53-30-28-42-15-6-8-18-50(42)59(53)60-51-19-9-7-16-43(51)29-31-54(60)61/h1-37H. The molecule has 2 nitrogen and oxygen atoms in total. The molecular formula is C60H37NO. The monoisotopic (exact) mass is 787 g/mol. The van der Waals surface area contributed by atoms with Crippen molar-refractivity contribution in [3.63, 3.8) is 0 Å². The Morgan fingerprint density at radius 3 is 1.39 bits per heavy atom. The number of rotatable bonds is 5. The zero-order valence-electron chi connectivity index (χ0n) is 33.7. The summed E-state index contributed by atoms with van der Waals surface area (Å²) in [7, 11) is 0. The first-order valence-corrected chi connectivity index (χ1v) is 21.3. The molecule has 0 amide bonds. The van der Waals surface area contributed by atoms with Crippen molar-refractivity contribution in [3.8, 4) is 50.2 Å². The maximum absolute atomic E-state index is 6.82. The molecule has 11 aromatic carbocycles. The maximum Gasteiger partial charge on any atom is 0.138 e. The first-order chi connectivity index (χ1) is 30.7. The summed E-state index contributed by atoms with van der Waals surface area (Å²) in [5, 5.41) is 12.2. The van der Waals surface area contributed by atoms with Crippen molar-refractivity contribution < 1.29 is 4.42 Å². The molecule has 0 fully saturated rings. The van der Waals surface area contributed by atoms with E-state index >= 15 is 0 Å². The molecule has 0 aliphatic carbocycles. The third kappa shape index (κ3) is 5.44. The van der Waals surface area contributed by atoms with Crippen LogP contribution in [0.4, 0.5) is 0 Å². The summed E-state index contributed by atoms with van der Waals surface area (Å²) in [6.45, 7) is 0. The van der Waals surface area contributed by atoms with Gasteiger partial charge in [-0.05, 0) is 131 Å². The summed E-state index contributed by atoms with van der Waals surface area (Å²) in [5.74, 6) is 0. The fraction of sp³-hybridized carbons (Fsp3) is 0. The Morgan fingerprint density at radius 1 is 0.258 bits per heavy atom. The molecule has 13 aromatic rings. The van der Waals surface area contributed by atoms with Gasteiger partial charge in [-0.3, -0.25) is 0 Å². The van der Waals surface area contributed by atoms with Crippen molar-refractivity contribution in [2.45, 2.75) is 0 Å². The van der Waals surface area contributed by atoms with E-state index in [0.717, 1.165) is 49.9 Å². The zero-order chi connectivity index (χ0) is 40.7. The molecule has 0 atom stereocenters. The SMILES string of the molecule is c1ccc(-c2cc(-c3ccc(-c4ccc5ccccc5c4)cc3)cc(-c3cc(-n4c5ccc6ccccc6c5c5c6ccccc6ccc54)c4c(c3)oc3ccccc34)c2)cc1. The molecule has 0 saturated heterocycles. The number of para-hydroxylation sites is 1. The van der Waals surface area contributed by atoms with Gasteiger partial charge in [0.25, 0.3) is 0 Å². The number of nitrogens with zero attached hydrogens (tertiary/aromatic N) is 1. The van der Waals surface area contributed by atoms with E-state index in [0.29, 0.717) is 0 Å².